The van der Waals surface area contributed by atoms with Gasteiger partial charge in [0, 0.05) is 6.54 Å². The Balaban J connectivity index is 1.50. The van der Waals surface area contributed by atoms with E-state index in [1.165, 1.54) is 12.1 Å². The van der Waals surface area contributed by atoms with Crippen LogP contribution in [0.3, 0.4) is 0 Å². The van der Waals surface area contributed by atoms with Crippen molar-refractivity contribution in [2.45, 2.75) is 25.8 Å². The van der Waals surface area contributed by atoms with Crippen molar-refractivity contribution in [1.29, 1.82) is 0 Å². The van der Waals surface area contributed by atoms with Crippen LogP contribution in [0.2, 0.25) is 0 Å². The van der Waals surface area contributed by atoms with E-state index in [2.05, 4.69) is 5.32 Å². The van der Waals surface area contributed by atoms with Gasteiger partial charge in [0.25, 0.3) is 0 Å². The summed E-state index contributed by atoms with van der Waals surface area (Å²) in [6.07, 6.45) is 2.78. The van der Waals surface area contributed by atoms with Crippen LogP contribution in [0.15, 0.2) is 24.3 Å². The highest BCUT2D eigenvalue weighted by atomic mass is 19.1. The largest absolute Gasteiger partial charge is 0.465 e. The Morgan fingerprint density at radius 3 is 2.72 bits per heavy atom. The highest BCUT2D eigenvalue weighted by molar-refractivity contribution is 5.74. The molecule has 0 unspecified atom stereocenters. The Bertz CT molecular complexity index is 387. The van der Waals surface area contributed by atoms with Gasteiger partial charge in [0.1, 0.15) is 5.82 Å². The van der Waals surface area contributed by atoms with Crippen LogP contribution in [-0.2, 0) is 16.1 Å². The molecule has 18 heavy (non-hydrogen) atoms. The van der Waals surface area contributed by atoms with Gasteiger partial charge in [-0.15, -0.1) is 0 Å². The van der Waals surface area contributed by atoms with Crippen LogP contribution in [0.5, 0.6) is 0 Å². The predicted molar refractivity (Wildman–Crippen MR) is 66.4 cm³/mol. The van der Waals surface area contributed by atoms with Crippen molar-refractivity contribution in [3.8, 4) is 0 Å². The van der Waals surface area contributed by atoms with Crippen molar-refractivity contribution in [2.24, 2.45) is 5.92 Å². The van der Waals surface area contributed by atoms with Crippen LogP contribution in [0, 0.1) is 11.7 Å². The van der Waals surface area contributed by atoms with Gasteiger partial charge in [0.05, 0.1) is 12.5 Å². The first-order valence-electron chi connectivity index (χ1n) is 6.37. The fourth-order valence-corrected chi connectivity index (χ4v) is 1.64. The van der Waals surface area contributed by atoms with E-state index in [0.29, 0.717) is 13.2 Å². The van der Waals surface area contributed by atoms with E-state index in [9.17, 15) is 9.18 Å². The second kappa shape index (κ2) is 6.50. The molecule has 0 heterocycles. The quantitative estimate of drug-likeness (QED) is 0.596. The molecule has 1 aromatic carbocycles. The fraction of sp³-hybridized carbons (Fsp3) is 0.500. The summed E-state index contributed by atoms with van der Waals surface area (Å²) in [7, 11) is 0. The molecule has 0 bridgehead atoms. The van der Waals surface area contributed by atoms with Crippen molar-refractivity contribution >= 4 is 5.97 Å². The lowest BCUT2D eigenvalue weighted by molar-refractivity contribution is -0.145. The van der Waals surface area contributed by atoms with Gasteiger partial charge < -0.3 is 10.1 Å². The molecule has 1 fully saturated rings. The number of ether oxygens (including phenoxy) is 1. The fourth-order valence-electron chi connectivity index (χ4n) is 1.64. The zero-order chi connectivity index (χ0) is 12.8. The van der Waals surface area contributed by atoms with Gasteiger partial charge in [-0.2, -0.15) is 0 Å². The number of esters is 1. The molecule has 4 heteroatoms. The standard InChI is InChI=1S/C14H18FNO2/c15-13-6-2-11(3-7-13)10-16-8-1-9-18-14(17)12-4-5-12/h2-3,6-7,12,16H,1,4-5,8-10H2. The van der Waals surface area contributed by atoms with Gasteiger partial charge in [-0.1, -0.05) is 12.1 Å². The molecule has 3 nitrogen and oxygen atoms in total. The summed E-state index contributed by atoms with van der Waals surface area (Å²) in [5, 5.41) is 3.23. The van der Waals surface area contributed by atoms with E-state index in [-0.39, 0.29) is 17.7 Å². The van der Waals surface area contributed by atoms with Crippen molar-refractivity contribution in [1.82, 2.24) is 5.32 Å². The van der Waals surface area contributed by atoms with Crippen molar-refractivity contribution < 1.29 is 13.9 Å². The first-order valence-corrected chi connectivity index (χ1v) is 6.37. The van der Waals surface area contributed by atoms with Crippen molar-refractivity contribution in [2.75, 3.05) is 13.2 Å². The van der Waals surface area contributed by atoms with Gasteiger partial charge in [-0.25, -0.2) is 4.39 Å². The maximum Gasteiger partial charge on any atom is 0.308 e. The van der Waals surface area contributed by atoms with E-state index in [0.717, 1.165) is 31.4 Å². The minimum absolute atomic E-state index is 0.0477. The number of nitrogens with one attached hydrogen (secondary N) is 1. The van der Waals surface area contributed by atoms with E-state index in [1.807, 2.05) is 0 Å². The minimum Gasteiger partial charge on any atom is -0.465 e. The van der Waals surface area contributed by atoms with E-state index in [1.54, 1.807) is 12.1 Å². The number of benzene rings is 1. The number of hydrogen-bond acceptors (Lipinski definition) is 3. The van der Waals surface area contributed by atoms with Crippen LogP contribution in [0.4, 0.5) is 4.39 Å². The molecule has 0 amide bonds. The first-order chi connectivity index (χ1) is 8.75. The number of rotatable bonds is 7. The predicted octanol–water partition coefficient (Wildman–Crippen LogP) is 2.26. The number of carbonyl (C=O) groups excluding carboxylic acids is 1. The van der Waals surface area contributed by atoms with Crippen LogP contribution in [0.25, 0.3) is 0 Å². The molecule has 1 N–H and O–H groups in total. The van der Waals surface area contributed by atoms with Gasteiger partial charge in [-0.05, 0) is 43.5 Å². The van der Waals surface area contributed by atoms with Crippen LogP contribution >= 0.6 is 0 Å². The molecule has 0 aromatic heterocycles. The lowest BCUT2D eigenvalue weighted by atomic mass is 10.2. The Morgan fingerprint density at radius 2 is 2.06 bits per heavy atom. The Morgan fingerprint density at radius 1 is 1.33 bits per heavy atom. The van der Waals surface area contributed by atoms with Gasteiger partial charge in [-0.3, -0.25) is 4.79 Å². The third-order valence-corrected chi connectivity index (χ3v) is 2.90. The van der Waals surface area contributed by atoms with Crippen LogP contribution in [-0.4, -0.2) is 19.1 Å². The molecule has 1 saturated carbocycles. The Labute approximate surface area is 106 Å². The molecule has 0 atom stereocenters. The van der Waals surface area contributed by atoms with E-state index in [4.69, 9.17) is 4.74 Å². The molecule has 2 rings (SSSR count). The molecule has 1 aliphatic carbocycles. The Kier molecular flexibility index (Phi) is 4.70. The number of carbonyl (C=O) groups is 1. The third-order valence-electron chi connectivity index (χ3n) is 2.90. The van der Waals surface area contributed by atoms with Gasteiger partial charge in [0.2, 0.25) is 0 Å². The monoisotopic (exact) mass is 251 g/mol. The Hall–Kier alpha value is -1.42. The summed E-state index contributed by atoms with van der Waals surface area (Å²) in [6.45, 7) is 1.97. The summed E-state index contributed by atoms with van der Waals surface area (Å²) in [4.78, 5) is 11.2. The normalized spacial score (nSPS) is 14.5. The first kappa shape index (κ1) is 13.0. The molecule has 0 radical (unpaired) electrons. The van der Waals surface area contributed by atoms with E-state index < -0.39 is 0 Å². The SMILES string of the molecule is O=C(OCCCNCc1ccc(F)cc1)C1CC1. The second-order valence-corrected chi connectivity index (χ2v) is 4.60. The molecule has 1 aromatic rings. The molecule has 0 aliphatic heterocycles. The second-order valence-electron chi connectivity index (χ2n) is 4.60. The molecule has 98 valence electrons. The zero-order valence-corrected chi connectivity index (χ0v) is 10.3. The average molecular weight is 251 g/mol. The lowest BCUT2D eigenvalue weighted by Gasteiger charge is -2.06. The van der Waals surface area contributed by atoms with Crippen molar-refractivity contribution in [3.05, 3.63) is 35.6 Å². The zero-order valence-electron chi connectivity index (χ0n) is 10.3. The third kappa shape index (κ3) is 4.45. The smallest absolute Gasteiger partial charge is 0.308 e. The van der Waals surface area contributed by atoms with E-state index >= 15 is 0 Å². The number of halogens is 1. The van der Waals surface area contributed by atoms with Gasteiger partial charge in [0.15, 0.2) is 0 Å². The average Bonchev–Trinajstić information content (AvgIpc) is 3.19. The summed E-state index contributed by atoms with van der Waals surface area (Å²) in [5.74, 6) is -0.0866. The van der Waals surface area contributed by atoms with Crippen molar-refractivity contribution in [3.63, 3.8) is 0 Å². The highest BCUT2D eigenvalue weighted by Crippen LogP contribution is 2.29. The summed E-state index contributed by atoms with van der Waals surface area (Å²) in [5.41, 5.74) is 1.05. The molecule has 1 aliphatic rings. The number of hydrogen-bond donors (Lipinski definition) is 1. The molecule has 0 spiro atoms. The van der Waals surface area contributed by atoms with Crippen LogP contribution < -0.4 is 5.32 Å². The molecular formula is C14H18FNO2. The maximum atomic E-state index is 12.7. The summed E-state index contributed by atoms with van der Waals surface area (Å²) >= 11 is 0. The minimum atomic E-state index is -0.217. The lowest BCUT2D eigenvalue weighted by Crippen LogP contribution is -2.17. The summed E-state index contributed by atoms with van der Waals surface area (Å²) in [6, 6.07) is 6.42. The maximum absolute atomic E-state index is 12.7. The van der Waals surface area contributed by atoms with Gasteiger partial charge >= 0.3 is 5.97 Å². The highest BCUT2D eigenvalue weighted by Gasteiger charge is 2.30. The topological polar surface area (TPSA) is 38.3 Å². The van der Waals surface area contributed by atoms with Crippen LogP contribution in [0.1, 0.15) is 24.8 Å². The molecular weight excluding hydrogens is 233 g/mol. The summed E-state index contributed by atoms with van der Waals surface area (Å²) < 4.78 is 17.8. The molecule has 0 saturated heterocycles.